The third kappa shape index (κ3) is 3.43. The summed E-state index contributed by atoms with van der Waals surface area (Å²) in [4.78, 5) is 28.3. The standard InChI is InChI=1S/C17H18N2O4/c20-16(21)10-13-11-23-9-8-19(13)17(22)15-7-6-14(18-15)12-4-2-1-3-5-12/h1-7,13,18H,8-11H2,(H,20,21). The molecule has 1 saturated heterocycles. The molecule has 2 N–H and O–H groups in total. The molecule has 0 spiro atoms. The van der Waals surface area contributed by atoms with Crippen LogP contribution in [0.2, 0.25) is 0 Å². The zero-order valence-electron chi connectivity index (χ0n) is 12.6. The van der Waals surface area contributed by atoms with Crippen LogP contribution in [0, 0.1) is 0 Å². The van der Waals surface area contributed by atoms with Crippen molar-refractivity contribution >= 4 is 11.9 Å². The molecule has 2 aromatic rings. The number of H-pyrrole nitrogens is 1. The Morgan fingerprint density at radius 2 is 2.00 bits per heavy atom. The largest absolute Gasteiger partial charge is 0.481 e. The maximum Gasteiger partial charge on any atom is 0.305 e. The summed E-state index contributed by atoms with van der Waals surface area (Å²) in [6.07, 6.45) is -0.113. The molecule has 0 aliphatic carbocycles. The molecule has 120 valence electrons. The summed E-state index contributed by atoms with van der Waals surface area (Å²) in [5, 5.41) is 8.99. The lowest BCUT2D eigenvalue weighted by Crippen LogP contribution is -2.49. The monoisotopic (exact) mass is 314 g/mol. The van der Waals surface area contributed by atoms with E-state index >= 15 is 0 Å². The smallest absolute Gasteiger partial charge is 0.305 e. The van der Waals surface area contributed by atoms with Crippen LogP contribution < -0.4 is 0 Å². The van der Waals surface area contributed by atoms with Crippen LogP contribution in [-0.2, 0) is 9.53 Å². The topological polar surface area (TPSA) is 82.6 Å². The van der Waals surface area contributed by atoms with Gasteiger partial charge in [-0.3, -0.25) is 9.59 Å². The van der Waals surface area contributed by atoms with Gasteiger partial charge in [-0.25, -0.2) is 0 Å². The number of nitrogens with zero attached hydrogens (tertiary/aromatic N) is 1. The molecule has 0 bridgehead atoms. The zero-order chi connectivity index (χ0) is 16.2. The van der Waals surface area contributed by atoms with Gasteiger partial charge in [-0.05, 0) is 17.7 Å². The lowest BCUT2D eigenvalue weighted by molar-refractivity contribution is -0.139. The van der Waals surface area contributed by atoms with E-state index < -0.39 is 12.0 Å². The maximum absolute atomic E-state index is 12.7. The van der Waals surface area contributed by atoms with E-state index in [0.29, 0.717) is 18.8 Å². The molecular formula is C17H18N2O4. The molecule has 1 aliphatic heterocycles. The molecule has 3 rings (SSSR count). The third-order valence-electron chi connectivity index (χ3n) is 3.90. The molecule has 1 aliphatic rings. The lowest BCUT2D eigenvalue weighted by Gasteiger charge is -2.34. The van der Waals surface area contributed by atoms with Gasteiger partial charge in [0.25, 0.3) is 5.91 Å². The minimum absolute atomic E-state index is 0.113. The van der Waals surface area contributed by atoms with Crippen LogP contribution in [-0.4, -0.2) is 52.7 Å². The second-order valence-electron chi connectivity index (χ2n) is 5.48. The Morgan fingerprint density at radius 3 is 2.74 bits per heavy atom. The molecule has 1 atom stereocenters. The number of carbonyl (C=O) groups is 2. The van der Waals surface area contributed by atoms with E-state index in [1.165, 1.54) is 0 Å². The van der Waals surface area contributed by atoms with Crippen LogP contribution in [0.4, 0.5) is 0 Å². The molecule has 1 aromatic carbocycles. The Hall–Kier alpha value is -2.60. The highest BCUT2D eigenvalue weighted by Gasteiger charge is 2.30. The number of aromatic amines is 1. The predicted octanol–water partition coefficient (Wildman–Crippen LogP) is 2.00. The Labute approximate surface area is 133 Å². The van der Waals surface area contributed by atoms with E-state index in [1.807, 2.05) is 36.4 Å². The van der Waals surface area contributed by atoms with E-state index in [9.17, 15) is 9.59 Å². The Kier molecular flexibility index (Phi) is 4.43. The summed E-state index contributed by atoms with van der Waals surface area (Å²) in [6, 6.07) is 12.9. The number of nitrogens with one attached hydrogen (secondary N) is 1. The second kappa shape index (κ2) is 6.66. The van der Waals surface area contributed by atoms with Crippen molar-refractivity contribution in [2.45, 2.75) is 12.5 Å². The Morgan fingerprint density at radius 1 is 1.22 bits per heavy atom. The van der Waals surface area contributed by atoms with Gasteiger partial charge in [-0.15, -0.1) is 0 Å². The van der Waals surface area contributed by atoms with Gasteiger partial charge in [0.2, 0.25) is 0 Å². The number of aliphatic carboxylic acids is 1. The van der Waals surface area contributed by atoms with Crippen molar-refractivity contribution < 1.29 is 19.4 Å². The van der Waals surface area contributed by atoms with Crippen molar-refractivity contribution in [3.8, 4) is 11.3 Å². The first-order valence-corrected chi connectivity index (χ1v) is 7.50. The second-order valence-corrected chi connectivity index (χ2v) is 5.48. The summed E-state index contributed by atoms with van der Waals surface area (Å²) in [5.41, 5.74) is 2.31. The van der Waals surface area contributed by atoms with Gasteiger partial charge in [0.05, 0.1) is 25.7 Å². The normalized spacial score (nSPS) is 17.9. The van der Waals surface area contributed by atoms with Crippen molar-refractivity contribution in [3.05, 3.63) is 48.2 Å². The number of benzene rings is 1. The number of rotatable bonds is 4. The van der Waals surface area contributed by atoms with Crippen molar-refractivity contribution in [3.63, 3.8) is 0 Å². The van der Waals surface area contributed by atoms with Crippen molar-refractivity contribution in [2.75, 3.05) is 19.8 Å². The highest BCUT2D eigenvalue weighted by atomic mass is 16.5. The number of hydrogen-bond acceptors (Lipinski definition) is 3. The molecule has 1 fully saturated rings. The van der Waals surface area contributed by atoms with Crippen LogP contribution in [0.5, 0.6) is 0 Å². The summed E-state index contributed by atoms with van der Waals surface area (Å²) in [5.74, 6) is -1.13. The fourth-order valence-corrected chi connectivity index (χ4v) is 2.75. The maximum atomic E-state index is 12.7. The van der Waals surface area contributed by atoms with Gasteiger partial charge in [0.1, 0.15) is 5.69 Å². The third-order valence-corrected chi connectivity index (χ3v) is 3.90. The van der Waals surface area contributed by atoms with Crippen molar-refractivity contribution in [1.82, 2.24) is 9.88 Å². The SMILES string of the molecule is O=C(O)CC1COCCN1C(=O)c1ccc(-c2ccccc2)[nH]1. The molecular weight excluding hydrogens is 296 g/mol. The molecule has 6 heteroatoms. The first-order valence-electron chi connectivity index (χ1n) is 7.50. The summed E-state index contributed by atoms with van der Waals surface area (Å²) in [7, 11) is 0. The van der Waals surface area contributed by atoms with Gasteiger partial charge in [-0.1, -0.05) is 30.3 Å². The van der Waals surface area contributed by atoms with Crippen LogP contribution in [0.3, 0.4) is 0 Å². The van der Waals surface area contributed by atoms with Crippen LogP contribution in [0.25, 0.3) is 11.3 Å². The van der Waals surface area contributed by atoms with Gasteiger partial charge in [-0.2, -0.15) is 0 Å². The highest BCUT2D eigenvalue weighted by molar-refractivity contribution is 5.94. The van der Waals surface area contributed by atoms with Gasteiger partial charge >= 0.3 is 5.97 Å². The van der Waals surface area contributed by atoms with Crippen molar-refractivity contribution in [2.24, 2.45) is 0 Å². The summed E-state index contributed by atoms with van der Waals surface area (Å²) in [6.45, 7) is 1.08. The number of hydrogen-bond donors (Lipinski definition) is 2. The molecule has 1 unspecified atom stereocenters. The van der Waals surface area contributed by atoms with Crippen molar-refractivity contribution in [1.29, 1.82) is 0 Å². The quantitative estimate of drug-likeness (QED) is 0.904. The van der Waals surface area contributed by atoms with Crippen LogP contribution in [0.15, 0.2) is 42.5 Å². The Balaban J connectivity index is 1.79. The van der Waals surface area contributed by atoms with E-state index in [-0.39, 0.29) is 18.9 Å². The van der Waals surface area contributed by atoms with Crippen LogP contribution in [0.1, 0.15) is 16.9 Å². The first kappa shape index (κ1) is 15.3. The average Bonchev–Trinajstić information content (AvgIpc) is 3.05. The molecule has 0 radical (unpaired) electrons. The minimum atomic E-state index is -0.935. The molecule has 1 aromatic heterocycles. The van der Waals surface area contributed by atoms with E-state index in [1.54, 1.807) is 11.0 Å². The number of ether oxygens (including phenoxy) is 1. The van der Waals surface area contributed by atoms with E-state index in [2.05, 4.69) is 4.98 Å². The lowest BCUT2D eigenvalue weighted by atomic mass is 10.1. The Bertz CT molecular complexity index is 696. The molecule has 0 saturated carbocycles. The molecule has 1 amide bonds. The summed E-state index contributed by atoms with van der Waals surface area (Å²) >= 11 is 0. The van der Waals surface area contributed by atoms with E-state index in [0.717, 1.165) is 11.3 Å². The van der Waals surface area contributed by atoms with Gasteiger partial charge in [0, 0.05) is 12.2 Å². The predicted molar refractivity (Wildman–Crippen MR) is 84.1 cm³/mol. The first-order chi connectivity index (χ1) is 11.1. The minimum Gasteiger partial charge on any atom is -0.481 e. The molecule has 23 heavy (non-hydrogen) atoms. The number of aromatic nitrogens is 1. The zero-order valence-corrected chi connectivity index (χ0v) is 12.6. The number of morpholine rings is 1. The van der Waals surface area contributed by atoms with Crippen LogP contribution >= 0.6 is 0 Å². The number of carboxylic acid groups (broad SMARTS) is 1. The number of carboxylic acids is 1. The van der Waals surface area contributed by atoms with E-state index in [4.69, 9.17) is 9.84 Å². The van der Waals surface area contributed by atoms with Gasteiger partial charge < -0.3 is 19.7 Å². The fraction of sp³-hybridized carbons (Fsp3) is 0.294. The highest BCUT2D eigenvalue weighted by Crippen LogP contribution is 2.20. The molecule has 2 heterocycles. The fourth-order valence-electron chi connectivity index (χ4n) is 2.75. The number of amides is 1. The summed E-state index contributed by atoms with van der Waals surface area (Å²) < 4.78 is 5.31. The number of carbonyl (C=O) groups excluding carboxylic acids is 1. The molecule has 6 nitrogen and oxygen atoms in total. The van der Waals surface area contributed by atoms with Gasteiger partial charge in [0.15, 0.2) is 0 Å². The average molecular weight is 314 g/mol.